The van der Waals surface area contributed by atoms with Crippen molar-refractivity contribution in [1.29, 1.82) is 0 Å². The zero-order valence-corrected chi connectivity index (χ0v) is 12.5. The molecule has 0 saturated carbocycles. The van der Waals surface area contributed by atoms with Gasteiger partial charge in [0.05, 0.1) is 5.52 Å². The van der Waals surface area contributed by atoms with Gasteiger partial charge < -0.3 is 4.52 Å². The fourth-order valence-electron chi connectivity index (χ4n) is 1.53. The van der Waals surface area contributed by atoms with Crippen LogP contribution in [0.5, 0.6) is 0 Å². The molecule has 4 nitrogen and oxygen atoms in total. The van der Waals surface area contributed by atoms with Gasteiger partial charge in [0.15, 0.2) is 6.29 Å². The molecule has 0 aliphatic carbocycles. The second kappa shape index (κ2) is 9.20. The van der Waals surface area contributed by atoms with Crippen LogP contribution in [0.25, 0.3) is 10.9 Å². The second-order valence-electron chi connectivity index (χ2n) is 4.03. The number of para-hydroxylation sites is 1. The highest BCUT2D eigenvalue weighted by molar-refractivity contribution is 7.07. The fraction of sp³-hybridized carbons (Fsp3) is 0. The van der Waals surface area contributed by atoms with Gasteiger partial charge in [-0.2, -0.15) is 11.3 Å². The normalized spacial score (nSPS) is 9.09. The number of nitrogens with zero attached hydrogens (tertiary/aromatic N) is 2. The zero-order valence-electron chi connectivity index (χ0n) is 11.7. The smallest absolute Gasteiger partial charge is 0.171 e. The van der Waals surface area contributed by atoms with E-state index in [0.717, 1.165) is 5.52 Å². The summed E-state index contributed by atoms with van der Waals surface area (Å²) in [6.07, 6.45) is 3.79. The number of benzene rings is 1. The molecule has 4 rings (SSSR count). The molecule has 0 aliphatic heterocycles. The maximum absolute atomic E-state index is 9.75. The summed E-state index contributed by atoms with van der Waals surface area (Å²) in [5, 5.41) is 8.57. The Morgan fingerprint density at radius 3 is 2.27 bits per heavy atom. The summed E-state index contributed by atoms with van der Waals surface area (Å²) in [4.78, 5) is 13.9. The van der Waals surface area contributed by atoms with Gasteiger partial charge in [0.2, 0.25) is 0 Å². The molecule has 22 heavy (non-hydrogen) atoms. The van der Waals surface area contributed by atoms with Crippen LogP contribution in [-0.2, 0) is 0 Å². The number of hydrogen-bond acceptors (Lipinski definition) is 5. The molecule has 1 aromatic carbocycles. The highest BCUT2D eigenvalue weighted by atomic mass is 32.1. The molecule has 0 fully saturated rings. The lowest BCUT2D eigenvalue weighted by Gasteiger charge is -1.91. The van der Waals surface area contributed by atoms with Crippen molar-refractivity contribution in [3.63, 3.8) is 0 Å². The molecule has 5 heteroatoms. The van der Waals surface area contributed by atoms with Crippen LogP contribution in [-0.4, -0.2) is 16.4 Å². The first-order chi connectivity index (χ1) is 10.9. The lowest BCUT2D eigenvalue weighted by atomic mass is 10.2. The number of carbonyl (C=O) groups excluding carboxylic acids is 1. The van der Waals surface area contributed by atoms with Crippen LogP contribution in [0.2, 0.25) is 0 Å². The summed E-state index contributed by atoms with van der Waals surface area (Å²) in [5.74, 6) is 0. The van der Waals surface area contributed by atoms with Gasteiger partial charge in [-0.05, 0) is 22.9 Å². The van der Waals surface area contributed by atoms with Crippen LogP contribution in [0.15, 0.2) is 82.3 Å². The Morgan fingerprint density at radius 2 is 1.73 bits per heavy atom. The molecule has 3 heterocycles. The van der Waals surface area contributed by atoms with Crippen LogP contribution in [0.3, 0.4) is 0 Å². The Kier molecular flexibility index (Phi) is 6.52. The zero-order chi connectivity index (χ0) is 15.5. The Labute approximate surface area is 132 Å². The number of hydrogen-bond donors (Lipinski definition) is 0. The Hall–Kier alpha value is -2.79. The molecule has 0 bridgehead atoms. The number of thiophene rings is 1. The molecule has 0 spiro atoms. The second-order valence-corrected chi connectivity index (χ2v) is 4.85. The van der Waals surface area contributed by atoms with E-state index < -0.39 is 0 Å². The van der Waals surface area contributed by atoms with Gasteiger partial charge in [0.25, 0.3) is 0 Å². The lowest BCUT2D eigenvalue weighted by Crippen LogP contribution is -1.73. The predicted molar refractivity (Wildman–Crippen MR) is 88.0 cm³/mol. The third-order valence-corrected chi connectivity index (χ3v) is 3.14. The molecule has 110 valence electrons. The van der Waals surface area contributed by atoms with Gasteiger partial charge in [-0.3, -0.25) is 9.78 Å². The maximum Gasteiger partial charge on any atom is 0.171 e. The first kappa shape index (κ1) is 15.6. The van der Waals surface area contributed by atoms with Crippen molar-refractivity contribution in [2.24, 2.45) is 0 Å². The van der Waals surface area contributed by atoms with E-state index in [9.17, 15) is 4.79 Å². The standard InChI is InChI=1S/C9H7N.C4H3NO2.C4H4S/c1-2-6-9-8(4-1)5-3-7-10-9;6-3-4-1-2-7-5-4;1-2-4-5-3-1/h1-7H;1-3H;1-4H. The largest absolute Gasteiger partial charge is 0.364 e. The Morgan fingerprint density at radius 1 is 0.955 bits per heavy atom. The van der Waals surface area contributed by atoms with Crippen molar-refractivity contribution in [3.8, 4) is 0 Å². The molecule has 0 aliphatic rings. The van der Waals surface area contributed by atoms with Gasteiger partial charge in [0.1, 0.15) is 12.0 Å². The molecule has 3 aromatic heterocycles. The summed E-state index contributed by atoms with van der Waals surface area (Å²) < 4.78 is 4.32. The fourth-order valence-corrected chi connectivity index (χ4v) is 1.98. The minimum atomic E-state index is 0.333. The highest BCUT2D eigenvalue weighted by Crippen LogP contribution is 2.07. The number of rotatable bonds is 1. The summed E-state index contributed by atoms with van der Waals surface area (Å²) in [6.45, 7) is 0. The van der Waals surface area contributed by atoms with Crippen molar-refractivity contribution in [2.75, 3.05) is 0 Å². The van der Waals surface area contributed by atoms with E-state index >= 15 is 0 Å². The van der Waals surface area contributed by atoms with Gasteiger partial charge in [-0.25, -0.2) is 0 Å². The molecular weight excluding hydrogens is 296 g/mol. The number of aldehydes is 1. The van der Waals surface area contributed by atoms with Crippen molar-refractivity contribution in [3.05, 3.63) is 83.5 Å². The van der Waals surface area contributed by atoms with Crippen molar-refractivity contribution in [1.82, 2.24) is 10.1 Å². The Balaban J connectivity index is 0.000000129. The van der Waals surface area contributed by atoms with Gasteiger partial charge in [-0.1, -0.05) is 41.6 Å². The molecule has 0 saturated heterocycles. The van der Waals surface area contributed by atoms with Crippen molar-refractivity contribution < 1.29 is 9.32 Å². The average molecular weight is 310 g/mol. The lowest BCUT2D eigenvalue weighted by molar-refractivity contribution is 0.111. The summed E-state index contributed by atoms with van der Waals surface area (Å²) in [7, 11) is 0. The predicted octanol–water partition coefficient (Wildman–Crippen LogP) is 4.47. The maximum atomic E-state index is 9.75. The molecular formula is C17H14N2O2S. The van der Waals surface area contributed by atoms with E-state index in [1.54, 1.807) is 11.3 Å². The highest BCUT2D eigenvalue weighted by Gasteiger charge is 1.87. The van der Waals surface area contributed by atoms with E-state index in [-0.39, 0.29) is 0 Å². The van der Waals surface area contributed by atoms with E-state index in [0.29, 0.717) is 12.0 Å². The van der Waals surface area contributed by atoms with Crippen LogP contribution in [0, 0.1) is 0 Å². The van der Waals surface area contributed by atoms with Crippen molar-refractivity contribution >= 4 is 28.5 Å². The SMILES string of the molecule is O=Cc1ccon1.c1ccc2ncccc2c1.c1ccsc1. The first-order valence-electron chi connectivity index (χ1n) is 6.52. The van der Waals surface area contributed by atoms with E-state index in [1.807, 2.05) is 53.4 Å². The number of carbonyl (C=O) groups is 1. The molecule has 0 amide bonds. The number of aromatic nitrogens is 2. The third kappa shape index (κ3) is 5.30. The van der Waals surface area contributed by atoms with E-state index in [4.69, 9.17) is 0 Å². The third-order valence-electron chi connectivity index (χ3n) is 2.52. The van der Waals surface area contributed by atoms with Crippen LogP contribution in [0.4, 0.5) is 0 Å². The monoisotopic (exact) mass is 310 g/mol. The molecule has 0 unspecified atom stereocenters. The van der Waals surface area contributed by atoms with Crippen LogP contribution < -0.4 is 0 Å². The topological polar surface area (TPSA) is 56.0 Å². The molecule has 4 aromatic rings. The minimum Gasteiger partial charge on any atom is -0.364 e. The van der Waals surface area contributed by atoms with E-state index in [2.05, 4.69) is 26.8 Å². The van der Waals surface area contributed by atoms with Gasteiger partial charge in [-0.15, -0.1) is 0 Å². The summed E-state index contributed by atoms with van der Waals surface area (Å²) in [5.41, 5.74) is 1.39. The number of fused-ring (bicyclic) bond motifs is 1. The summed E-state index contributed by atoms with van der Waals surface area (Å²) >= 11 is 1.71. The molecule has 0 radical (unpaired) electrons. The van der Waals surface area contributed by atoms with Gasteiger partial charge in [0, 0.05) is 17.6 Å². The van der Waals surface area contributed by atoms with Crippen LogP contribution in [0.1, 0.15) is 10.5 Å². The quantitative estimate of drug-likeness (QED) is 0.487. The molecule has 0 N–H and O–H groups in total. The summed E-state index contributed by atoms with van der Waals surface area (Å²) in [6, 6.07) is 17.6. The van der Waals surface area contributed by atoms with Crippen molar-refractivity contribution in [2.45, 2.75) is 0 Å². The average Bonchev–Trinajstić information content (AvgIpc) is 3.31. The van der Waals surface area contributed by atoms with E-state index in [1.165, 1.54) is 17.7 Å². The molecule has 0 atom stereocenters. The Bertz CT molecular complexity index is 686. The van der Waals surface area contributed by atoms with Crippen LogP contribution >= 0.6 is 11.3 Å². The number of pyridine rings is 1. The minimum absolute atomic E-state index is 0.333. The van der Waals surface area contributed by atoms with Gasteiger partial charge >= 0.3 is 0 Å². The first-order valence-corrected chi connectivity index (χ1v) is 7.47.